The number of aliphatic hydroxyl groups is 1. The minimum absolute atomic E-state index is 0.0224. The second-order valence-electron chi connectivity index (χ2n) is 10.6. The highest BCUT2D eigenvalue weighted by atomic mass is 16.5. The maximum atomic E-state index is 11.0. The molecule has 0 fully saturated rings. The summed E-state index contributed by atoms with van der Waals surface area (Å²) in [7, 11) is 0. The summed E-state index contributed by atoms with van der Waals surface area (Å²) in [6.07, 6.45) is 10.5. The van der Waals surface area contributed by atoms with Crippen LogP contribution in [0.4, 0.5) is 28.4 Å². The first-order chi connectivity index (χ1) is 22.6. The Balaban J connectivity index is 1.32. The van der Waals surface area contributed by atoms with Gasteiger partial charge in [-0.1, -0.05) is 45.1 Å². The van der Waals surface area contributed by atoms with Crippen molar-refractivity contribution in [3.05, 3.63) is 85.5 Å². The molecule has 3 rings (SSSR count). The fourth-order valence-electron chi connectivity index (χ4n) is 4.52. The molecule has 0 unspecified atom stereocenters. The minimum atomic E-state index is -0.346. The second kappa shape index (κ2) is 21.8. The molecule has 0 aliphatic heterocycles. The van der Waals surface area contributed by atoms with Crippen molar-refractivity contribution < 1.29 is 19.4 Å². The smallest absolute Gasteiger partial charge is 0.330 e. The molecular weight excluding hydrogens is 580 g/mol. The highest BCUT2D eigenvalue weighted by Crippen LogP contribution is 2.26. The third-order valence-electron chi connectivity index (χ3n) is 7.05. The lowest BCUT2D eigenvalue weighted by molar-refractivity contribution is -0.137. The van der Waals surface area contributed by atoms with Crippen LogP contribution in [0.3, 0.4) is 0 Å². The summed E-state index contributed by atoms with van der Waals surface area (Å²) < 4.78 is 10.8. The van der Waals surface area contributed by atoms with E-state index in [9.17, 15) is 9.90 Å². The van der Waals surface area contributed by atoms with Crippen LogP contribution in [0.25, 0.3) is 0 Å². The zero-order valence-corrected chi connectivity index (χ0v) is 26.5. The van der Waals surface area contributed by atoms with E-state index in [0.717, 1.165) is 42.8 Å². The van der Waals surface area contributed by atoms with E-state index >= 15 is 0 Å². The molecule has 0 saturated heterocycles. The van der Waals surface area contributed by atoms with Crippen molar-refractivity contribution >= 4 is 34.4 Å². The molecule has 3 aromatic rings. The van der Waals surface area contributed by atoms with Gasteiger partial charge < -0.3 is 19.5 Å². The summed E-state index contributed by atoms with van der Waals surface area (Å²) >= 11 is 0. The van der Waals surface area contributed by atoms with E-state index in [0.29, 0.717) is 49.8 Å². The lowest BCUT2D eigenvalue weighted by Crippen LogP contribution is -2.27. The van der Waals surface area contributed by atoms with E-state index in [1.807, 2.05) is 77.7 Å². The molecule has 0 aliphatic rings. The predicted molar refractivity (Wildman–Crippen MR) is 181 cm³/mol. The number of hydrogen-bond acceptors (Lipinski definition) is 10. The van der Waals surface area contributed by atoms with E-state index < -0.39 is 0 Å². The van der Waals surface area contributed by atoms with Crippen LogP contribution in [-0.4, -0.2) is 44.0 Å². The summed E-state index contributed by atoms with van der Waals surface area (Å²) in [5.41, 5.74) is 3.77. The molecule has 0 heterocycles. The van der Waals surface area contributed by atoms with Crippen molar-refractivity contribution in [2.24, 2.45) is 20.5 Å². The SMILES string of the molecule is C=CC(=O)OCCCCCCCCCCOc1ccc(N=Nc2ccc(N=Nc3ccc(N(CCO)CCC#N)cc3)cc2)cc1. The average molecular weight is 625 g/mol. The molecule has 0 bridgehead atoms. The molecule has 0 aliphatic carbocycles. The van der Waals surface area contributed by atoms with Crippen LogP contribution in [0.2, 0.25) is 0 Å². The quantitative estimate of drug-likeness (QED) is 0.0512. The summed E-state index contributed by atoms with van der Waals surface area (Å²) in [6.45, 7) is 5.61. The Morgan fingerprint density at radius 2 is 1.17 bits per heavy atom. The molecule has 46 heavy (non-hydrogen) atoms. The molecule has 0 saturated carbocycles. The highest BCUT2D eigenvalue weighted by molar-refractivity contribution is 5.81. The number of aliphatic hydroxyl groups excluding tert-OH is 1. The van der Waals surface area contributed by atoms with Gasteiger partial charge in [0.25, 0.3) is 0 Å². The largest absolute Gasteiger partial charge is 0.494 e. The van der Waals surface area contributed by atoms with Crippen molar-refractivity contribution in [1.82, 2.24) is 0 Å². The molecule has 0 aromatic heterocycles. The first kappa shape index (κ1) is 35.6. The first-order valence-electron chi connectivity index (χ1n) is 15.9. The number of benzene rings is 3. The second-order valence-corrected chi connectivity index (χ2v) is 10.6. The van der Waals surface area contributed by atoms with Crippen LogP contribution in [0.5, 0.6) is 5.75 Å². The van der Waals surface area contributed by atoms with Gasteiger partial charge in [-0.25, -0.2) is 4.79 Å². The monoisotopic (exact) mass is 624 g/mol. The third-order valence-corrected chi connectivity index (χ3v) is 7.05. The van der Waals surface area contributed by atoms with Crippen molar-refractivity contribution in [1.29, 1.82) is 5.26 Å². The van der Waals surface area contributed by atoms with E-state index in [1.54, 1.807) is 0 Å². The summed E-state index contributed by atoms with van der Waals surface area (Å²) in [5, 5.41) is 35.4. The third kappa shape index (κ3) is 14.3. The van der Waals surface area contributed by atoms with Crippen LogP contribution in [0.15, 0.2) is 106 Å². The van der Waals surface area contributed by atoms with Crippen molar-refractivity contribution in [3.8, 4) is 11.8 Å². The number of esters is 1. The average Bonchev–Trinajstić information content (AvgIpc) is 3.09. The Morgan fingerprint density at radius 3 is 1.65 bits per heavy atom. The zero-order chi connectivity index (χ0) is 32.7. The van der Waals surface area contributed by atoms with Crippen LogP contribution >= 0.6 is 0 Å². The van der Waals surface area contributed by atoms with Crippen molar-refractivity contribution in [3.63, 3.8) is 0 Å². The Labute approximate surface area is 272 Å². The minimum Gasteiger partial charge on any atom is -0.494 e. The summed E-state index contributed by atoms with van der Waals surface area (Å²) in [5.74, 6) is 0.476. The van der Waals surface area contributed by atoms with E-state index in [-0.39, 0.29) is 12.6 Å². The van der Waals surface area contributed by atoms with Crippen molar-refractivity contribution in [2.45, 2.75) is 57.8 Å². The van der Waals surface area contributed by atoms with Crippen LogP contribution < -0.4 is 9.64 Å². The van der Waals surface area contributed by atoms with Gasteiger partial charge in [-0.3, -0.25) is 0 Å². The number of anilines is 1. The number of carbonyl (C=O) groups is 1. The Kier molecular flexibility index (Phi) is 16.8. The van der Waals surface area contributed by atoms with Crippen LogP contribution in [-0.2, 0) is 9.53 Å². The Hall–Kier alpha value is -4.88. The molecule has 10 nitrogen and oxygen atoms in total. The lowest BCUT2D eigenvalue weighted by atomic mass is 10.1. The molecule has 0 atom stereocenters. The Morgan fingerprint density at radius 1 is 0.717 bits per heavy atom. The number of nitrogens with zero attached hydrogens (tertiary/aromatic N) is 6. The van der Waals surface area contributed by atoms with Crippen LogP contribution in [0, 0.1) is 11.3 Å². The standard InChI is InChI=1S/C36H44N6O4/c1-2-36(44)46-29-10-8-6-4-3-5-7-9-28-45-35-22-18-33(19-23-35)41-39-31-14-12-30(13-15-31)38-40-32-16-20-34(21-17-32)42(26-27-43)25-11-24-37/h2,12-23,43H,1,3-11,25-29H2. The normalized spacial score (nSPS) is 11.0. The van der Waals surface area contributed by atoms with Gasteiger partial charge in [0.2, 0.25) is 0 Å². The van der Waals surface area contributed by atoms with E-state index in [1.165, 1.54) is 31.8 Å². The molecule has 0 spiro atoms. The molecule has 3 aromatic carbocycles. The highest BCUT2D eigenvalue weighted by Gasteiger charge is 2.05. The van der Waals surface area contributed by atoms with Gasteiger partial charge in [0.05, 0.1) is 55.1 Å². The number of hydrogen-bond donors (Lipinski definition) is 1. The summed E-state index contributed by atoms with van der Waals surface area (Å²) in [4.78, 5) is 12.9. The number of ether oxygens (including phenoxy) is 2. The van der Waals surface area contributed by atoms with Gasteiger partial charge in [0.1, 0.15) is 5.75 Å². The number of rotatable bonds is 22. The lowest BCUT2D eigenvalue weighted by Gasteiger charge is -2.22. The van der Waals surface area contributed by atoms with Gasteiger partial charge in [-0.2, -0.15) is 25.7 Å². The molecule has 10 heteroatoms. The maximum Gasteiger partial charge on any atom is 0.330 e. The van der Waals surface area contributed by atoms with Gasteiger partial charge in [0.15, 0.2) is 0 Å². The molecular formula is C36H44N6O4. The number of unbranched alkanes of at least 4 members (excludes halogenated alkanes) is 7. The molecule has 0 amide bonds. The first-order valence-corrected chi connectivity index (χ1v) is 15.9. The summed E-state index contributed by atoms with van der Waals surface area (Å²) in [6, 6.07) is 24.6. The fourth-order valence-corrected chi connectivity index (χ4v) is 4.52. The fraction of sp³-hybridized carbons (Fsp3) is 0.389. The number of azo groups is 2. The number of nitriles is 1. The zero-order valence-electron chi connectivity index (χ0n) is 26.5. The molecule has 242 valence electrons. The van der Waals surface area contributed by atoms with Crippen molar-refractivity contribution in [2.75, 3.05) is 37.8 Å². The van der Waals surface area contributed by atoms with Gasteiger partial charge in [-0.05, 0) is 85.6 Å². The Bertz CT molecular complexity index is 1400. The van der Waals surface area contributed by atoms with Crippen LogP contribution in [0.1, 0.15) is 57.8 Å². The number of carbonyl (C=O) groups excluding carboxylic acids is 1. The molecule has 1 N–H and O–H groups in total. The van der Waals surface area contributed by atoms with Gasteiger partial charge in [-0.15, -0.1) is 0 Å². The molecule has 0 radical (unpaired) electrons. The topological polar surface area (TPSA) is 132 Å². The van der Waals surface area contributed by atoms with E-state index in [2.05, 4.69) is 33.1 Å². The van der Waals surface area contributed by atoms with Gasteiger partial charge >= 0.3 is 5.97 Å². The van der Waals surface area contributed by atoms with E-state index in [4.69, 9.17) is 14.7 Å². The predicted octanol–water partition coefficient (Wildman–Crippen LogP) is 9.46. The maximum absolute atomic E-state index is 11.0. The van der Waals surface area contributed by atoms with Gasteiger partial charge in [0, 0.05) is 24.9 Å².